The van der Waals surface area contributed by atoms with Crippen LogP contribution in [-0.4, -0.2) is 75.1 Å². The number of ether oxygens (including phenoxy) is 2. The summed E-state index contributed by atoms with van der Waals surface area (Å²) >= 11 is 0. The van der Waals surface area contributed by atoms with Gasteiger partial charge in [0.05, 0.1) is 32.6 Å². The van der Waals surface area contributed by atoms with E-state index in [1.54, 1.807) is 13.3 Å². The minimum absolute atomic E-state index is 0.00517. The Morgan fingerprint density at radius 2 is 2.17 bits per heavy atom. The van der Waals surface area contributed by atoms with Crippen LogP contribution in [0.3, 0.4) is 0 Å². The Morgan fingerprint density at radius 3 is 2.92 bits per heavy atom. The lowest BCUT2D eigenvalue weighted by Gasteiger charge is -2.28. The fraction of sp³-hybridized carbons (Fsp3) is 0.560. The van der Waals surface area contributed by atoms with Crippen molar-refractivity contribution in [2.45, 2.75) is 63.9 Å². The molecule has 0 radical (unpaired) electrons. The molecule has 1 aliphatic heterocycles. The molecule has 0 spiro atoms. The number of anilines is 2. The van der Waals surface area contributed by atoms with Crippen molar-refractivity contribution in [2.75, 3.05) is 38.0 Å². The molecule has 1 fully saturated rings. The summed E-state index contributed by atoms with van der Waals surface area (Å²) in [5.41, 5.74) is 9.41. The number of aliphatic hydroxyl groups is 2. The second kappa shape index (κ2) is 12.3. The number of nitrogens with zero attached hydrogens (tertiary/aromatic N) is 4. The second-order valence-electron chi connectivity index (χ2n) is 9.17. The van der Waals surface area contributed by atoms with Gasteiger partial charge in [0, 0.05) is 37.4 Å². The van der Waals surface area contributed by atoms with Crippen LogP contribution in [0.2, 0.25) is 0 Å². The van der Waals surface area contributed by atoms with E-state index in [2.05, 4.69) is 38.7 Å². The van der Waals surface area contributed by atoms with Gasteiger partial charge in [-0.1, -0.05) is 19.4 Å². The molecule has 3 aromatic rings. The van der Waals surface area contributed by atoms with Crippen molar-refractivity contribution in [1.82, 2.24) is 25.1 Å². The topological polar surface area (TPSA) is 153 Å². The Bertz CT molecular complexity index is 1130. The first-order chi connectivity index (χ1) is 17.5. The molecule has 2 aromatic heterocycles. The van der Waals surface area contributed by atoms with Crippen molar-refractivity contribution in [3.05, 3.63) is 35.5 Å². The maximum Gasteiger partial charge on any atom is 0.222 e. The minimum atomic E-state index is -0.507. The number of methoxy groups -OCH3 is 1. The minimum Gasteiger partial charge on any atom is -0.496 e. The molecule has 1 saturated heterocycles. The van der Waals surface area contributed by atoms with Gasteiger partial charge >= 0.3 is 0 Å². The van der Waals surface area contributed by atoms with Gasteiger partial charge in [0.15, 0.2) is 5.82 Å². The van der Waals surface area contributed by atoms with Crippen LogP contribution in [0.25, 0.3) is 11.0 Å². The highest BCUT2D eigenvalue weighted by molar-refractivity contribution is 5.86. The average Bonchev–Trinajstić information content (AvgIpc) is 3.26. The zero-order valence-electron chi connectivity index (χ0n) is 21.0. The van der Waals surface area contributed by atoms with Gasteiger partial charge in [-0.2, -0.15) is 10.1 Å². The number of nitrogens with two attached hydrogens (primary N) is 1. The van der Waals surface area contributed by atoms with Crippen molar-refractivity contribution >= 4 is 22.8 Å². The zero-order chi connectivity index (χ0) is 25.5. The van der Waals surface area contributed by atoms with E-state index in [1.807, 2.05) is 16.8 Å². The van der Waals surface area contributed by atoms with E-state index in [0.29, 0.717) is 44.1 Å². The molecule has 0 amide bonds. The Hall–Kier alpha value is -2.99. The predicted molar refractivity (Wildman–Crippen MR) is 138 cm³/mol. The van der Waals surface area contributed by atoms with Gasteiger partial charge in [-0.15, -0.1) is 0 Å². The van der Waals surface area contributed by atoms with E-state index in [9.17, 15) is 10.2 Å². The van der Waals surface area contributed by atoms with Crippen molar-refractivity contribution in [3.8, 4) is 5.75 Å². The van der Waals surface area contributed by atoms with E-state index >= 15 is 0 Å². The molecular formula is C25H37N7O4. The van der Waals surface area contributed by atoms with Crippen molar-refractivity contribution in [3.63, 3.8) is 0 Å². The lowest BCUT2D eigenvalue weighted by molar-refractivity contribution is -0.0280. The third-order valence-electron chi connectivity index (χ3n) is 6.52. The average molecular weight is 500 g/mol. The van der Waals surface area contributed by atoms with Crippen LogP contribution in [0.5, 0.6) is 5.75 Å². The Balaban J connectivity index is 1.59. The lowest BCUT2D eigenvalue weighted by atomic mass is 10.0. The van der Waals surface area contributed by atoms with Crippen molar-refractivity contribution in [2.24, 2.45) is 0 Å². The number of nitrogen functional groups attached to an aromatic ring is 1. The highest BCUT2D eigenvalue weighted by atomic mass is 16.5. The van der Waals surface area contributed by atoms with E-state index in [0.717, 1.165) is 41.7 Å². The smallest absolute Gasteiger partial charge is 0.222 e. The van der Waals surface area contributed by atoms with E-state index in [4.69, 9.17) is 15.2 Å². The molecule has 2 unspecified atom stereocenters. The first-order valence-corrected chi connectivity index (χ1v) is 12.5. The number of aliphatic hydroxyl groups excluding tert-OH is 2. The summed E-state index contributed by atoms with van der Waals surface area (Å²) < 4.78 is 12.8. The summed E-state index contributed by atoms with van der Waals surface area (Å²) in [7, 11) is 1.65. The molecule has 1 aromatic carbocycles. The third-order valence-corrected chi connectivity index (χ3v) is 6.52. The van der Waals surface area contributed by atoms with Gasteiger partial charge in [0.1, 0.15) is 16.8 Å². The van der Waals surface area contributed by atoms with Crippen LogP contribution in [0, 0.1) is 0 Å². The predicted octanol–water partition coefficient (Wildman–Crippen LogP) is 1.67. The molecule has 11 nitrogen and oxygen atoms in total. The normalized spacial score (nSPS) is 18.9. The number of rotatable bonds is 12. The van der Waals surface area contributed by atoms with Crippen LogP contribution >= 0.6 is 0 Å². The number of hydrogen-bond donors (Lipinski definition) is 5. The van der Waals surface area contributed by atoms with Gasteiger partial charge in [-0.25, -0.2) is 4.98 Å². The largest absolute Gasteiger partial charge is 0.496 e. The summed E-state index contributed by atoms with van der Waals surface area (Å²) in [6.07, 6.45) is 4.43. The van der Waals surface area contributed by atoms with Crippen LogP contribution in [0.15, 0.2) is 24.4 Å². The Morgan fingerprint density at radius 1 is 1.31 bits per heavy atom. The first-order valence-electron chi connectivity index (χ1n) is 12.5. The standard InChI is InChI=1S/C25H37N7O4/c1-3-4-18(7-9-33)29-24-23-20(30-25(26)31-24)13-28-32(23)14-17-11-16(5-6-22(17)35-2)12-27-19-8-10-36-15-21(19)34/h5-6,11,13,18-19,21,27,33-34H,3-4,7-10,12,14-15H2,1-2H3,(H3,26,29,30,31)/t18?,19?,21-/m1/s1. The highest BCUT2D eigenvalue weighted by Crippen LogP contribution is 2.27. The fourth-order valence-corrected chi connectivity index (χ4v) is 4.66. The molecule has 6 N–H and O–H groups in total. The Kier molecular flexibility index (Phi) is 8.92. The SMILES string of the molecule is CCCC(CCO)Nc1nc(N)nc2cnn(Cc3cc(CNC4CCOC[C@H]4O)ccc3OC)c12. The number of hydrogen-bond acceptors (Lipinski definition) is 10. The molecule has 196 valence electrons. The highest BCUT2D eigenvalue weighted by Gasteiger charge is 2.23. The summed E-state index contributed by atoms with van der Waals surface area (Å²) in [5.74, 6) is 1.53. The van der Waals surface area contributed by atoms with Crippen molar-refractivity contribution < 1.29 is 19.7 Å². The maximum atomic E-state index is 10.2. The van der Waals surface area contributed by atoms with Crippen LogP contribution in [-0.2, 0) is 17.8 Å². The number of nitrogens with one attached hydrogen (secondary N) is 2. The molecule has 0 saturated carbocycles. The van der Waals surface area contributed by atoms with Crippen LogP contribution in [0.4, 0.5) is 11.8 Å². The van der Waals surface area contributed by atoms with E-state index < -0.39 is 6.10 Å². The third kappa shape index (κ3) is 6.22. The monoisotopic (exact) mass is 499 g/mol. The van der Waals surface area contributed by atoms with Gasteiger partial charge in [0.25, 0.3) is 0 Å². The fourth-order valence-electron chi connectivity index (χ4n) is 4.66. The number of benzene rings is 1. The van der Waals surface area contributed by atoms with Gasteiger partial charge < -0.3 is 36.1 Å². The van der Waals surface area contributed by atoms with Crippen LogP contribution < -0.4 is 21.1 Å². The van der Waals surface area contributed by atoms with Gasteiger partial charge in [-0.3, -0.25) is 4.68 Å². The quantitative estimate of drug-likeness (QED) is 0.249. The zero-order valence-corrected chi connectivity index (χ0v) is 21.0. The number of aromatic nitrogens is 4. The first kappa shape index (κ1) is 26.1. The lowest BCUT2D eigenvalue weighted by Crippen LogP contribution is -2.46. The molecule has 11 heteroatoms. The summed E-state index contributed by atoms with van der Waals surface area (Å²) in [4.78, 5) is 8.83. The van der Waals surface area contributed by atoms with E-state index in [-0.39, 0.29) is 24.6 Å². The molecule has 3 heterocycles. The summed E-state index contributed by atoms with van der Waals surface area (Å²) in [6, 6.07) is 6.12. The summed E-state index contributed by atoms with van der Waals surface area (Å²) in [5, 5.41) is 31.1. The van der Waals surface area contributed by atoms with Crippen molar-refractivity contribution in [1.29, 1.82) is 0 Å². The molecular weight excluding hydrogens is 462 g/mol. The molecule has 1 aliphatic rings. The molecule has 0 aliphatic carbocycles. The molecule has 0 bridgehead atoms. The molecule has 3 atom stereocenters. The van der Waals surface area contributed by atoms with Gasteiger partial charge in [0.2, 0.25) is 5.95 Å². The Labute approximate surface area is 211 Å². The maximum absolute atomic E-state index is 10.2. The van der Waals surface area contributed by atoms with Crippen LogP contribution in [0.1, 0.15) is 43.7 Å². The number of fused-ring (bicyclic) bond motifs is 1. The van der Waals surface area contributed by atoms with Gasteiger partial charge in [-0.05, 0) is 37.0 Å². The second-order valence-corrected chi connectivity index (χ2v) is 9.17. The molecule has 36 heavy (non-hydrogen) atoms. The summed E-state index contributed by atoms with van der Waals surface area (Å²) in [6.45, 7) is 4.26. The molecule has 4 rings (SSSR count). The van der Waals surface area contributed by atoms with E-state index in [1.165, 1.54) is 0 Å².